The topological polar surface area (TPSA) is 68.3 Å². The summed E-state index contributed by atoms with van der Waals surface area (Å²) in [7, 11) is 0. The van der Waals surface area contributed by atoms with Crippen LogP contribution < -0.4 is 5.32 Å². The minimum Gasteiger partial charge on any atom is -0.452 e. The molecule has 4 rings (SSSR count). The van der Waals surface area contributed by atoms with Gasteiger partial charge >= 0.3 is 5.97 Å². The van der Waals surface area contributed by atoms with E-state index in [0.29, 0.717) is 17.2 Å². The summed E-state index contributed by atoms with van der Waals surface area (Å²) in [6, 6.07) is 16.7. The lowest BCUT2D eigenvalue weighted by Crippen LogP contribution is -2.23. The molecule has 1 aromatic heterocycles. The van der Waals surface area contributed by atoms with Crippen LogP contribution >= 0.6 is 0 Å². The first kappa shape index (κ1) is 18.2. The molecular weight excluding hydrogens is 352 g/mol. The summed E-state index contributed by atoms with van der Waals surface area (Å²) in [4.78, 5) is 29.9. The van der Waals surface area contributed by atoms with E-state index in [9.17, 15) is 9.59 Å². The molecule has 1 amide bonds. The first-order valence-corrected chi connectivity index (χ1v) is 9.54. The predicted octanol–water partition coefficient (Wildman–Crippen LogP) is 4.16. The lowest BCUT2D eigenvalue weighted by molar-refractivity contribution is -0.119. The van der Waals surface area contributed by atoms with Crippen molar-refractivity contribution in [2.24, 2.45) is 5.92 Å². The van der Waals surface area contributed by atoms with Gasteiger partial charge in [-0.25, -0.2) is 4.79 Å². The van der Waals surface area contributed by atoms with Gasteiger partial charge in [0.25, 0.3) is 5.91 Å². The highest BCUT2D eigenvalue weighted by Crippen LogP contribution is 2.32. The third kappa shape index (κ3) is 3.74. The van der Waals surface area contributed by atoms with Crippen LogP contribution in [0.25, 0.3) is 10.9 Å². The first-order valence-electron chi connectivity index (χ1n) is 9.54. The Morgan fingerprint density at radius 3 is 2.68 bits per heavy atom. The quantitative estimate of drug-likeness (QED) is 0.697. The number of hydrogen-bond donors (Lipinski definition) is 1. The minimum absolute atomic E-state index is 0.325. The molecule has 3 aromatic rings. The fourth-order valence-corrected chi connectivity index (χ4v) is 3.72. The summed E-state index contributed by atoms with van der Waals surface area (Å²) in [6.07, 6.45) is 2.72. The maximum Gasteiger partial charge on any atom is 0.339 e. The zero-order valence-electron chi connectivity index (χ0n) is 15.8. The number of para-hydroxylation sites is 2. The second-order valence-electron chi connectivity index (χ2n) is 7.27. The van der Waals surface area contributed by atoms with Crippen molar-refractivity contribution in [1.29, 1.82) is 0 Å². The molecule has 1 atom stereocenters. The second kappa shape index (κ2) is 7.80. The molecule has 2 aromatic carbocycles. The number of aryl methyl sites for hydroxylation is 1. The highest BCUT2D eigenvalue weighted by atomic mass is 16.5. The van der Waals surface area contributed by atoms with E-state index in [4.69, 9.17) is 9.72 Å². The van der Waals surface area contributed by atoms with Gasteiger partial charge in [-0.1, -0.05) is 43.3 Å². The van der Waals surface area contributed by atoms with Gasteiger partial charge in [0.05, 0.1) is 11.1 Å². The van der Waals surface area contributed by atoms with Crippen molar-refractivity contribution >= 4 is 28.5 Å². The minimum atomic E-state index is -0.466. The molecule has 0 saturated heterocycles. The van der Waals surface area contributed by atoms with Crippen molar-refractivity contribution in [1.82, 2.24) is 4.98 Å². The Balaban J connectivity index is 1.58. The van der Waals surface area contributed by atoms with Crippen LogP contribution in [0.5, 0.6) is 0 Å². The van der Waals surface area contributed by atoms with Crippen LogP contribution in [0.3, 0.4) is 0 Å². The number of carbonyl (C=O) groups is 2. The van der Waals surface area contributed by atoms with Gasteiger partial charge in [-0.2, -0.15) is 0 Å². The van der Waals surface area contributed by atoms with E-state index < -0.39 is 5.97 Å². The molecule has 28 heavy (non-hydrogen) atoms. The van der Waals surface area contributed by atoms with Crippen molar-refractivity contribution in [3.63, 3.8) is 0 Å². The zero-order chi connectivity index (χ0) is 19.5. The van der Waals surface area contributed by atoms with Gasteiger partial charge in [0, 0.05) is 16.8 Å². The van der Waals surface area contributed by atoms with Crippen LogP contribution in [0.1, 0.15) is 35.0 Å². The van der Waals surface area contributed by atoms with Crippen molar-refractivity contribution < 1.29 is 14.3 Å². The predicted molar refractivity (Wildman–Crippen MR) is 108 cm³/mol. The Kier molecular flexibility index (Phi) is 5.06. The number of benzene rings is 2. The number of nitrogens with zero attached hydrogens (tertiary/aromatic N) is 1. The molecule has 1 aliphatic rings. The fourth-order valence-electron chi connectivity index (χ4n) is 3.72. The van der Waals surface area contributed by atoms with Crippen molar-refractivity contribution in [2.75, 3.05) is 11.9 Å². The average molecular weight is 374 g/mol. The summed E-state index contributed by atoms with van der Waals surface area (Å²) >= 11 is 0. The molecular formula is C23H22N2O3. The van der Waals surface area contributed by atoms with E-state index >= 15 is 0 Å². The molecule has 0 aliphatic heterocycles. The second-order valence-corrected chi connectivity index (χ2v) is 7.27. The molecule has 142 valence electrons. The zero-order valence-corrected chi connectivity index (χ0v) is 15.8. The largest absolute Gasteiger partial charge is 0.452 e. The highest BCUT2D eigenvalue weighted by Gasteiger charge is 2.26. The average Bonchev–Trinajstić information content (AvgIpc) is 2.71. The van der Waals surface area contributed by atoms with Gasteiger partial charge in [0.2, 0.25) is 0 Å². The normalized spacial score (nSPS) is 15.7. The third-order valence-corrected chi connectivity index (χ3v) is 5.10. The number of ether oxygens (including phenoxy) is 1. The van der Waals surface area contributed by atoms with Gasteiger partial charge in [0.1, 0.15) is 0 Å². The number of fused-ring (bicyclic) bond motifs is 2. The van der Waals surface area contributed by atoms with E-state index in [-0.39, 0.29) is 12.5 Å². The monoisotopic (exact) mass is 374 g/mol. The van der Waals surface area contributed by atoms with Gasteiger partial charge in [-0.05, 0) is 48.9 Å². The molecule has 1 heterocycles. The molecule has 5 nitrogen and oxygen atoms in total. The summed E-state index contributed by atoms with van der Waals surface area (Å²) in [5.41, 5.74) is 3.95. The maximum absolute atomic E-state index is 13.0. The Hall–Kier alpha value is -3.21. The number of hydrogen-bond acceptors (Lipinski definition) is 4. The van der Waals surface area contributed by atoms with Gasteiger partial charge in [0.15, 0.2) is 6.61 Å². The molecule has 5 heteroatoms. The lowest BCUT2D eigenvalue weighted by atomic mass is 9.84. The molecule has 0 spiro atoms. The van der Waals surface area contributed by atoms with E-state index in [1.807, 2.05) is 42.5 Å². The standard InChI is InChI=1S/C23H22N2O3/c1-15-11-12-20-18(13-15)22(17-9-5-6-10-19(17)25-20)23(27)28-14-21(26)24-16-7-3-2-4-8-16/h2-10,15H,11-14H2,1H3,(H,24,26)/t15-/m1/s1. The van der Waals surface area contributed by atoms with Crippen LogP contribution in [0.4, 0.5) is 5.69 Å². The number of esters is 1. The number of pyridine rings is 1. The number of rotatable bonds is 4. The summed E-state index contributed by atoms with van der Waals surface area (Å²) in [6.45, 7) is 1.86. The maximum atomic E-state index is 13.0. The van der Waals surface area contributed by atoms with Gasteiger partial charge in [-0.3, -0.25) is 9.78 Å². The first-order chi connectivity index (χ1) is 13.6. The van der Waals surface area contributed by atoms with Crippen LogP contribution in [0.2, 0.25) is 0 Å². The number of carbonyl (C=O) groups excluding carboxylic acids is 2. The van der Waals surface area contributed by atoms with E-state index in [1.165, 1.54) is 0 Å². The van der Waals surface area contributed by atoms with E-state index in [1.54, 1.807) is 12.1 Å². The summed E-state index contributed by atoms with van der Waals surface area (Å²) in [5.74, 6) is -0.337. The lowest BCUT2D eigenvalue weighted by Gasteiger charge is -2.24. The van der Waals surface area contributed by atoms with Gasteiger partial charge in [-0.15, -0.1) is 0 Å². The molecule has 0 fully saturated rings. The third-order valence-electron chi connectivity index (χ3n) is 5.10. The van der Waals surface area contributed by atoms with E-state index in [2.05, 4.69) is 12.2 Å². The van der Waals surface area contributed by atoms with Gasteiger partial charge < -0.3 is 10.1 Å². The smallest absolute Gasteiger partial charge is 0.339 e. The fraction of sp³-hybridized carbons (Fsp3) is 0.261. The molecule has 0 bridgehead atoms. The number of amides is 1. The SMILES string of the molecule is C[C@@H]1CCc2nc3ccccc3c(C(=O)OCC(=O)Nc3ccccc3)c2C1. The Morgan fingerprint density at radius 2 is 1.86 bits per heavy atom. The van der Waals surface area contributed by atoms with Crippen LogP contribution in [0, 0.1) is 5.92 Å². The Morgan fingerprint density at radius 1 is 1.11 bits per heavy atom. The Labute approximate surface area is 163 Å². The van der Waals surface area contributed by atoms with Crippen molar-refractivity contribution in [3.8, 4) is 0 Å². The summed E-state index contributed by atoms with van der Waals surface area (Å²) < 4.78 is 5.39. The van der Waals surface area contributed by atoms with Crippen LogP contribution in [-0.2, 0) is 22.4 Å². The van der Waals surface area contributed by atoms with Crippen LogP contribution in [-0.4, -0.2) is 23.5 Å². The van der Waals surface area contributed by atoms with Crippen molar-refractivity contribution in [2.45, 2.75) is 26.2 Å². The molecule has 0 unspecified atom stereocenters. The number of aromatic nitrogens is 1. The molecule has 1 N–H and O–H groups in total. The summed E-state index contributed by atoms with van der Waals surface area (Å²) in [5, 5.41) is 3.51. The Bertz CT molecular complexity index is 1030. The number of nitrogens with one attached hydrogen (secondary N) is 1. The van der Waals surface area contributed by atoms with Crippen molar-refractivity contribution in [3.05, 3.63) is 71.4 Å². The molecule has 0 radical (unpaired) electrons. The highest BCUT2D eigenvalue weighted by molar-refractivity contribution is 6.06. The van der Waals surface area contributed by atoms with E-state index in [0.717, 1.165) is 41.4 Å². The van der Waals surface area contributed by atoms with Crippen LogP contribution in [0.15, 0.2) is 54.6 Å². The number of anilines is 1. The molecule has 1 aliphatic carbocycles. The molecule has 0 saturated carbocycles.